The number of ether oxygens (including phenoxy) is 1. The van der Waals surface area contributed by atoms with E-state index in [4.69, 9.17) is 9.15 Å². The second kappa shape index (κ2) is 5.81. The zero-order valence-corrected chi connectivity index (χ0v) is 12.2. The summed E-state index contributed by atoms with van der Waals surface area (Å²) in [6.45, 7) is 1.97. The monoisotopic (exact) mass is 294 g/mol. The fourth-order valence-electron chi connectivity index (χ4n) is 2.17. The molecular weight excluding hydrogens is 280 g/mol. The maximum Gasteiger partial charge on any atom is 0.348 e. The zero-order valence-electron chi connectivity index (χ0n) is 12.2. The lowest BCUT2D eigenvalue weighted by Crippen LogP contribution is -2.03. The third-order valence-corrected chi connectivity index (χ3v) is 3.26. The fourth-order valence-corrected chi connectivity index (χ4v) is 2.17. The van der Waals surface area contributed by atoms with Gasteiger partial charge in [-0.25, -0.2) is 9.78 Å². The van der Waals surface area contributed by atoms with E-state index in [1.807, 2.05) is 31.2 Å². The van der Waals surface area contributed by atoms with Crippen LogP contribution in [0.1, 0.15) is 17.0 Å². The van der Waals surface area contributed by atoms with Crippen molar-refractivity contribution in [3.8, 4) is 5.75 Å². The Balaban J connectivity index is 1.95. The number of aryl methyl sites for hydroxylation is 1. The second-order valence-electron chi connectivity index (χ2n) is 4.78. The number of pyridine rings is 1. The molecule has 0 saturated carbocycles. The van der Waals surface area contributed by atoms with Gasteiger partial charge in [0.05, 0.1) is 7.11 Å². The molecule has 22 heavy (non-hydrogen) atoms. The summed E-state index contributed by atoms with van der Waals surface area (Å²) >= 11 is 0. The van der Waals surface area contributed by atoms with Crippen LogP contribution in [0.2, 0.25) is 0 Å². The highest BCUT2D eigenvalue weighted by Gasteiger charge is 2.04. The average Bonchev–Trinajstić information content (AvgIpc) is 2.53. The predicted molar refractivity (Wildman–Crippen MR) is 84.7 cm³/mol. The molecule has 110 valence electrons. The first-order chi connectivity index (χ1) is 10.7. The van der Waals surface area contributed by atoms with Crippen molar-refractivity contribution in [2.45, 2.75) is 6.92 Å². The molecule has 1 aromatic carbocycles. The molecule has 5 heteroatoms. The minimum atomic E-state index is -0.441. The van der Waals surface area contributed by atoms with Gasteiger partial charge in [-0.1, -0.05) is 6.07 Å². The third-order valence-electron chi connectivity index (χ3n) is 3.26. The Morgan fingerprint density at radius 1 is 1.23 bits per heavy atom. The molecule has 0 bridgehead atoms. The highest BCUT2D eigenvalue weighted by Crippen LogP contribution is 2.19. The molecule has 2 aromatic heterocycles. The van der Waals surface area contributed by atoms with Crippen LogP contribution < -0.4 is 10.4 Å². The minimum absolute atomic E-state index is 0.227. The molecule has 2 heterocycles. The number of fused-ring (bicyclic) bond motifs is 1. The van der Waals surface area contributed by atoms with E-state index in [1.54, 1.807) is 31.5 Å². The summed E-state index contributed by atoms with van der Waals surface area (Å²) in [6, 6.07) is 9.10. The minimum Gasteiger partial charge on any atom is -0.496 e. The van der Waals surface area contributed by atoms with E-state index in [1.165, 1.54) is 0 Å². The summed E-state index contributed by atoms with van der Waals surface area (Å²) < 4.78 is 10.4. The normalized spacial score (nSPS) is 11.2. The van der Waals surface area contributed by atoms with Crippen LogP contribution >= 0.6 is 0 Å². The highest BCUT2D eigenvalue weighted by molar-refractivity contribution is 5.74. The molecule has 5 nitrogen and oxygen atoms in total. The first-order valence-corrected chi connectivity index (χ1v) is 6.76. The van der Waals surface area contributed by atoms with Gasteiger partial charge in [-0.15, -0.1) is 0 Å². The number of rotatable bonds is 3. The molecular formula is C17H14N2O3. The fraction of sp³-hybridized carbons (Fsp3) is 0.118. The van der Waals surface area contributed by atoms with Crippen LogP contribution in [0.5, 0.6) is 5.75 Å². The van der Waals surface area contributed by atoms with E-state index in [2.05, 4.69) is 9.97 Å². The molecule has 0 spiro atoms. The van der Waals surface area contributed by atoms with E-state index >= 15 is 0 Å². The number of aromatic nitrogens is 2. The van der Waals surface area contributed by atoms with Gasteiger partial charge in [-0.3, -0.25) is 0 Å². The van der Waals surface area contributed by atoms with Crippen LogP contribution in [0.3, 0.4) is 0 Å². The Morgan fingerprint density at radius 3 is 2.86 bits per heavy atom. The Hall–Kier alpha value is -2.95. The molecule has 0 aliphatic rings. The van der Waals surface area contributed by atoms with Crippen LogP contribution in [0.4, 0.5) is 0 Å². The van der Waals surface area contributed by atoms with Crippen LogP contribution in [0.15, 0.2) is 45.7 Å². The van der Waals surface area contributed by atoms with Gasteiger partial charge in [0.15, 0.2) is 5.65 Å². The predicted octanol–water partition coefficient (Wildman–Crippen LogP) is 3.07. The maximum absolute atomic E-state index is 11.9. The molecule has 0 aliphatic heterocycles. The Kier molecular flexibility index (Phi) is 3.70. The summed E-state index contributed by atoms with van der Waals surface area (Å²) in [5.74, 6) is 1.06. The van der Waals surface area contributed by atoms with Crippen molar-refractivity contribution >= 4 is 23.2 Å². The van der Waals surface area contributed by atoms with Gasteiger partial charge in [0.25, 0.3) is 0 Å². The van der Waals surface area contributed by atoms with Gasteiger partial charge in [0, 0.05) is 12.3 Å². The van der Waals surface area contributed by atoms with Gasteiger partial charge >= 0.3 is 5.63 Å². The SMILES string of the molecule is COc1ccc(/C=C/c2nc3ncccc3c(=O)o2)cc1C. The van der Waals surface area contributed by atoms with E-state index in [0.717, 1.165) is 16.9 Å². The highest BCUT2D eigenvalue weighted by atomic mass is 16.5. The quantitative estimate of drug-likeness (QED) is 0.742. The first-order valence-electron chi connectivity index (χ1n) is 6.76. The molecule has 0 aliphatic carbocycles. The lowest BCUT2D eigenvalue weighted by molar-refractivity contribution is 0.411. The van der Waals surface area contributed by atoms with Gasteiger partial charge < -0.3 is 9.15 Å². The number of hydrogen-bond donors (Lipinski definition) is 0. The van der Waals surface area contributed by atoms with Crippen molar-refractivity contribution in [2.75, 3.05) is 7.11 Å². The van der Waals surface area contributed by atoms with E-state index < -0.39 is 5.63 Å². The Morgan fingerprint density at radius 2 is 2.09 bits per heavy atom. The molecule has 0 unspecified atom stereocenters. The number of benzene rings is 1. The van der Waals surface area contributed by atoms with Gasteiger partial charge in [0.1, 0.15) is 11.1 Å². The summed E-state index contributed by atoms with van der Waals surface area (Å²) in [5.41, 5.74) is 1.93. The lowest BCUT2D eigenvalue weighted by atomic mass is 10.1. The van der Waals surface area contributed by atoms with Gasteiger partial charge in [-0.2, -0.15) is 4.98 Å². The molecule has 3 rings (SSSR count). The standard InChI is InChI=1S/C17H14N2O3/c1-11-10-12(5-7-14(11)21-2)6-8-15-19-16-13(17(20)22-15)4-3-9-18-16/h3-10H,1-2H3/b8-6+. The van der Waals surface area contributed by atoms with Crippen molar-refractivity contribution < 1.29 is 9.15 Å². The molecule has 0 fully saturated rings. The smallest absolute Gasteiger partial charge is 0.348 e. The average molecular weight is 294 g/mol. The maximum atomic E-state index is 11.9. The summed E-state index contributed by atoms with van der Waals surface area (Å²) in [5, 5.41) is 0.375. The number of methoxy groups -OCH3 is 1. The van der Waals surface area contributed by atoms with Crippen molar-refractivity contribution in [1.29, 1.82) is 0 Å². The molecule has 0 amide bonds. The van der Waals surface area contributed by atoms with E-state index in [9.17, 15) is 4.79 Å². The zero-order chi connectivity index (χ0) is 15.5. The van der Waals surface area contributed by atoms with E-state index in [0.29, 0.717) is 11.0 Å². The second-order valence-corrected chi connectivity index (χ2v) is 4.78. The Bertz CT molecular complexity index is 913. The molecule has 0 saturated heterocycles. The summed E-state index contributed by atoms with van der Waals surface area (Å²) in [4.78, 5) is 20.1. The summed E-state index contributed by atoms with van der Waals surface area (Å²) in [6.07, 6.45) is 5.07. The van der Waals surface area contributed by atoms with Crippen LogP contribution in [-0.2, 0) is 0 Å². The molecule has 0 atom stereocenters. The van der Waals surface area contributed by atoms with Crippen molar-refractivity contribution in [3.63, 3.8) is 0 Å². The summed E-state index contributed by atoms with van der Waals surface area (Å²) in [7, 11) is 1.64. The third kappa shape index (κ3) is 2.74. The Labute approximate surface area is 126 Å². The van der Waals surface area contributed by atoms with Crippen LogP contribution in [0, 0.1) is 6.92 Å². The van der Waals surface area contributed by atoms with Crippen LogP contribution in [-0.4, -0.2) is 17.1 Å². The molecule has 0 N–H and O–H groups in total. The molecule has 0 radical (unpaired) electrons. The van der Waals surface area contributed by atoms with Crippen molar-refractivity contribution in [3.05, 3.63) is 64.0 Å². The van der Waals surface area contributed by atoms with Crippen molar-refractivity contribution in [2.24, 2.45) is 0 Å². The van der Waals surface area contributed by atoms with Gasteiger partial charge in [0.2, 0.25) is 5.89 Å². The lowest BCUT2D eigenvalue weighted by Gasteiger charge is -2.04. The van der Waals surface area contributed by atoms with E-state index in [-0.39, 0.29) is 5.89 Å². The topological polar surface area (TPSA) is 65.2 Å². The molecule has 3 aromatic rings. The van der Waals surface area contributed by atoms with Gasteiger partial charge in [-0.05, 0) is 48.4 Å². The number of nitrogens with zero attached hydrogens (tertiary/aromatic N) is 2. The largest absolute Gasteiger partial charge is 0.496 e. The van der Waals surface area contributed by atoms with Crippen LogP contribution in [0.25, 0.3) is 23.2 Å². The number of hydrogen-bond acceptors (Lipinski definition) is 5. The van der Waals surface area contributed by atoms with Crippen molar-refractivity contribution in [1.82, 2.24) is 9.97 Å². The first kappa shape index (κ1) is 14.0.